The first-order chi connectivity index (χ1) is 15.5. The number of nitrogens with one attached hydrogen (secondary N) is 1. The quantitative estimate of drug-likeness (QED) is 0.373. The molecule has 2 aromatic carbocycles. The highest BCUT2D eigenvalue weighted by molar-refractivity contribution is 9.10. The lowest BCUT2D eigenvalue weighted by molar-refractivity contribution is 0.0716. The van der Waals surface area contributed by atoms with Gasteiger partial charge in [0.1, 0.15) is 22.9 Å². The summed E-state index contributed by atoms with van der Waals surface area (Å²) in [5.41, 5.74) is 2.64. The summed E-state index contributed by atoms with van der Waals surface area (Å²) in [6.07, 6.45) is 1.55. The zero-order valence-corrected chi connectivity index (χ0v) is 18.5. The molecule has 0 radical (unpaired) electrons. The van der Waals surface area contributed by atoms with E-state index in [-0.39, 0.29) is 29.7 Å². The summed E-state index contributed by atoms with van der Waals surface area (Å²) in [5, 5.41) is 28.0. The highest BCUT2D eigenvalue weighted by Gasteiger charge is 2.43. The minimum atomic E-state index is -0.568. The lowest BCUT2D eigenvalue weighted by atomic mass is 9.95. The van der Waals surface area contributed by atoms with E-state index in [0.717, 1.165) is 0 Å². The molecular formula is C23H18BrN3O5. The molecule has 1 amide bonds. The number of ether oxygens (including phenoxy) is 1. The average molecular weight is 496 g/mol. The van der Waals surface area contributed by atoms with Gasteiger partial charge in [0.2, 0.25) is 0 Å². The molecule has 0 unspecified atom stereocenters. The van der Waals surface area contributed by atoms with Gasteiger partial charge in [-0.05, 0) is 57.9 Å². The van der Waals surface area contributed by atoms with Gasteiger partial charge in [0, 0.05) is 11.1 Å². The third-order valence-electron chi connectivity index (χ3n) is 5.52. The molecule has 4 aromatic rings. The summed E-state index contributed by atoms with van der Waals surface area (Å²) in [6, 6.07) is 13.3. The number of H-pyrrole nitrogens is 1. The number of hydrogen-bond donors (Lipinski definition) is 3. The van der Waals surface area contributed by atoms with Crippen molar-refractivity contribution in [2.45, 2.75) is 12.6 Å². The number of halogens is 1. The molecule has 3 heterocycles. The number of aromatic hydroxyl groups is 2. The number of hydrogen-bond acceptors (Lipinski definition) is 6. The number of para-hydroxylation sites is 1. The van der Waals surface area contributed by atoms with E-state index in [4.69, 9.17) is 9.15 Å². The summed E-state index contributed by atoms with van der Waals surface area (Å²) < 4.78 is 11.3. The predicted molar refractivity (Wildman–Crippen MR) is 118 cm³/mol. The van der Waals surface area contributed by atoms with Crippen LogP contribution in [0.3, 0.4) is 0 Å². The van der Waals surface area contributed by atoms with Crippen LogP contribution in [0.1, 0.15) is 33.4 Å². The number of furan rings is 1. The number of nitrogens with zero attached hydrogens (tertiary/aromatic N) is 2. The van der Waals surface area contributed by atoms with Crippen molar-refractivity contribution in [1.82, 2.24) is 15.1 Å². The number of rotatable bonds is 5. The fourth-order valence-corrected chi connectivity index (χ4v) is 4.52. The second kappa shape index (κ2) is 7.76. The summed E-state index contributed by atoms with van der Waals surface area (Å²) >= 11 is 3.37. The number of carbonyl (C=O) groups excluding carboxylic acids is 1. The summed E-state index contributed by atoms with van der Waals surface area (Å²) in [7, 11) is 1.46. The molecule has 0 bridgehead atoms. The molecule has 8 nitrogen and oxygen atoms in total. The largest absolute Gasteiger partial charge is 0.507 e. The average Bonchev–Trinajstić information content (AvgIpc) is 3.50. The van der Waals surface area contributed by atoms with Gasteiger partial charge >= 0.3 is 0 Å². The van der Waals surface area contributed by atoms with E-state index >= 15 is 0 Å². The fourth-order valence-electron chi connectivity index (χ4n) is 4.06. The number of phenols is 2. The molecule has 1 aliphatic heterocycles. The number of fused-ring (bicyclic) bond motifs is 1. The Hall–Kier alpha value is -3.72. The summed E-state index contributed by atoms with van der Waals surface area (Å²) in [4.78, 5) is 15.1. The van der Waals surface area contributed by atoms with Crippen molar-refractivity contribution >= 4 is 21.8 Å². The molecule has 2 aromatic heterocycles. The van der Waals surface area contributed by atoms with Crippen molar-refractivity contribution in [2.75, 3.05) is 7.11 Å². The molecule has 0 saturated carbocycles. The maximum Gasteiger partial charge on any atom is 0.273 e. The Balaban J connectivity index is 1.72. The maximum absolute atomic E-state index is 13.4. The van der Waals surface area contributed by atoms with Gasteiger partial charge in [-0.2, -0.15) is 5.10 Å². The van der Waals surface area contributed by atoms with Crippen LogP contribution >= 0.6 is 15.9 Å². The molecule has 0 spiro atoms. The van der Waals surface area contributed by atoms with Crippen molar-refractivity contribution in [3.63, 3.8) is 0 Å². The van der Waals surface area contributed by atoms with Crippen LogP contribution in [0.25, 0.3) is 11.3 Å². The molecule has 3 N–H and O–H groups in total. The van der Waals surface area contributed by atoms with Gasteiger partial charge in [-0.15, -0.1) is 0 Å². The SMILES string of the molecule is COc1cc([C@H]2c3c(-c4ccccc4O)n[nH]c3C(=O)N2Cc2ccco2)cc(Br)c1O. The Morgan fingerprint density at radius 3 is 2.75 bits per heavy atom. The van der Waals surface area contributed by atoms with Gasteiger partial charge in [-0.25, -0.2) is 0 Å². The molecule has 1 atom stereocenters. The molecule has 9 heteroatoms. The number of aromatic amines is 1. The van der Waals surface area contributed by atoms with Crippen molar-refractivity contribution in [2.24, 2.45) is 0 Å². The van der Waals surface area contributed by atoms with Crippen LogP contribution in [0.5, 0.6) is 17.2 Å². The molecule has 0 saturated heterocycles. The van der Waals surface area contributed by atoms with Gasteiger partial charge < -0.3 is 24.3 Å². The topological polar surface area (TPSA) is 112 Å². The standard InChI is InChI=1S/C23H18BrN3O5/c1-31-17-10-12(9-15(24)22(17)29)21-18-19(14-6-2-3-7-16(14)28)25-26-20(18)23(30)27(21)11-13-5-4-8-32-13/h2-10,21,28-29H,11H2,1H3,(H,25,26)/t21-/m0/s1. The Bertz CT molecular complexity index is 1320. The van der Waals surface area contributed by atoms with E-state index in [1.165, 1.54) is 7.11 Å². The molecule has 1 aliphatic rings. The number of amides is 1. The summed E-state index contributed by atoms with van der Waals surface area (Å²) in [5.74, 6) is 0.656. The van der Waals surface area contributed by atoms with Crippen molar-refractivity contribution in [1.29, 1.82) is 0 Å². The van der Waals surface area contributed by atoms with Crippen LogP contribution in [-0.4, -0.2) is 38.3 Å². The minimum absolute atomic E-state index is 0.0356. The third kappa shape index (κ3) is 3.13. The van der Waals surface area contributed by atoms with Gasteiger partial charge in [-0.1, -0.05) is 12.1 Å². The Kier molecular flexibility index (Phi) is 4.90. The van der Waals surface area contributed by atoms with Crippen LogP contribution in [-0.2, 0) is 6.54 Å². The number of aromatic nitrogens is 2. The van der Waals surface area contributed by atoms with E-state index in [1.807, 2.05) is 0 Å². The minimum Gasteiger partial charge on any atom is -0.507 e. The van der Waals surface area contributed by atoms with Crippen LogP contribution in [0.4, 0.5) is 0 Å². The maximum atomic E-state index is 13.4. The predicted octanol–water partition coefficient (Wildman–Crippen LogP) is 4.60. The Morgan fingerprint density at radius 2 is 2.03 bits per heavy atom. The first-order valence-electron chi connectivity index (χ1n) is 9.76. The molecule has 32 heavy (non-hydrogen) atoms. The Labute approximate surface area is 191 Å². The van der Waals surface area contributed by atoms with Gasteiger partial charge in [0.15, 0.2) is 11.5 Å². The zero-order valence-electron chi connectivity index (χ0n) is 16.9. The molecular weight excluding hydrogens is 478 g/mol. The Morgan fingerprint density at radius 1 is 1.22 bits per heavy atom. The van der Waals surface area contributed by atoms with Crippen molar-refractivity contribution in [3.05, 3.63) is 81.8 Å². The number of phenolic OH excluding ortho intramolecular Hbond substituents is 2. The van der Waals surface area contributed by atoms with Crippen LogP contribution in [0.2, 0.25) is 0 Å². The van der Waals surface area contributed by atoms with Crippen molar-refractivity contribution in [3.8, 4) is 28.5 Å². The van der Waals surface area contributed by atoms with Crippen molar-refractivity contribution < 1.29 is 24.2 Å². The van der Waals surface area contributed by atoms with Gasteiger partial charge in [0.05, 0.1) is 30.4 Å². The normalized spacial score (nSPS) is 15.2. The highest BCUT2D eigenvalue weighted by Crippen LogP contribution is 2.47. The first-order valence-corrected chi connectivity index (χ1v) is 10.5. The van der Waals surface area contributed by atoms with E-state index in [1.54, 1.807) is 59.7 Å². The smallest absolute Gasteiger partial charge is 0.273 e. The molecule has 5 rings (SSSR count). The van der Waals surface area contributed by atoms with Gasteiger partial charge in [-0.3, -0.25) is 9.89 Å². The first kappa shape index (κ1) is 20.2. The number of benzene rings is 2. The third-order valence-corrected chi connectivity index (χ3v) is 6.12. The lowest BCUT2D eigenvalue weighted by Gasteiger charge is -2.26. The molecule has 0 fully saturated rings. The van der Waals surface area contributed by atoms with Gasteiger partial charge in [0.25, 0.3) is 5.91 Å². The van der Waals surface area contributed by atoms with Crippen LogP contribution in [0.15, 0.2) is 63.7 Å². The van der Waals surface area contributed by atoms with E-state index in [9.17, 15) is 15.0 Å². The van der Waals surface area contributed by atoms with E-state index in [2.05, 4.69) is 26.1 Å². The second-order valence-corrected chi connectivity index (χ2v) is 8.20. The van der Waals surface area contributed by atoms with Crippen LogP contribution < -0.4 is 4.74 Å². The van der Waals surface area contributed by atoms with E-state index < -0.39 is 6.04 Å². The van der Waals surface area contributed by atoms with E-state index in [0.29, 0.717) is 38.3 Å². The molecule has 0 aliphatic carbocycles. The zero-order chi connectivity index (χ0) is 22.4. The summed E-state index contributed by atoms with van der Waals surface area (Å²) in [6.45, 7) is 0.222. The number of carbonyl (C=O) groups is 1. The lowest BCUT2D eigenvalue weighted by Crippen LogP contribution is -2.29. The fraction of sp³-hybridized carbons (Fsp3) is 0.130. The monoisotopic (exact) mass is 495 g/mol. The van der Waals surface area contributed by atoms with Crippen LogP contribution in [0, 0.1) is 0 Å². The highest BCUT2D eigenvalue weighted by atomic mass is 79.9. The molecule has 162 valence electrons. The number of methoxy groups -OCH3 is 1. The second-order valence-electron chi connectivity index (χ2n) is 7.35.